The molecule has 0 atom stereocenters. The Bertz CT molecular complexity index is 581. The predicted octanol–water partition coefficient (Wildman–Crippen LogP) is 3.19. The molecule has 2 rings (SSSR count). The number of nitrogens with zero attached hydrogens (tertiary/aromatic N) is 1. The Morgan fingerprint density at radius 3 is 2.56 bits per heavy atom. The fourth-order valence-corrected chi connectivity index (χ4v) is 2.82. The van der Waals surface area contributed by atoms with Crippen LogP contribution in [0.15, 0.2) is 15.3 Å². The van der Waals surface area contributed by atoms with E-state index in [1.54, 1.807) is 18.3 Å². The van der Waals surface area contributed by atoms with Gasteiger partial charge in [-0.05, 0) is 42.8 Å². The molecule has 16 heavy (non-hydrogen) atoms. The zero-order valence-corrected chi connectivity index (χ0v) is 11.6. The summed E-state index contributed by atoms with van der Waals surface area (Å²) in [4.78, 5) is 21.0. The normalized spacial score (nSPS) is 10.8. The zero-order chi connectivity index (χ0) is 11.9. The van der Waals surface area contributed by atoms with E-state index in [0.717, 1.165) is 15.0 Å². The molecule has 0 aromatic carbocycles. The van der Waals surface area contributed by atoms with Gasteiger partial charge in [0.05, 0.1) is 4.88 Å². The van der Waals surface area contributed by atoms with Gasteiger partial charge < -0.3 is 4.98 Å². The number of rotatable bonds is 1. The summed E-state index contributed by atoms with van der Waals surface area (Å²) in [5, 5.41) is 0. The Labute approximate surface area is 106 Å². The standard InChI is InChI=1S/C11H11BrN2OS/c1-5-6(2)13-10(14-11(5)15)9-4-8(12)7(3)16-9/h4H,1-3H3,(H,13,14,15). The van der Waals surface area contributed by atoms with E-state index < -0.39 is 0 Å². The minimum atomic E-state index is -0.0651. The van der Waals surface area contributed by atoms with E-state index in [2.05, 4.69) is 25.9 Å². The first kappa shape index (κ1) is 11.5. The quantitative estimate of drug-likeness (QED) is 0.879. The lowest BCUT2D eigenvalue weighted by Crippen LogP contribution is -2.13. The van der Waals surface area contributed by atoms with E-state index in [-0.39, 0.29) is 5.56 Å². The zero-order valence-electron chi connectivity index (χ0n) is 9.22. The van der Waals surface area contributed by atoms with Crippen LogP contribution < -0.4 is 5.56 Å². The average Bonchev–Trinajstić information content (AvgIpc) is 2.55. The first-order chi connectivity index (χ1) is 7.49. The molecule has 0 aliphatic carbocycles. The minimum Gasteiger partial charge on any atom is -0.306 e. The molecule has 2 heterocycles. The van der Waals surface area contributed by atoms with E-state index in [9.17, 15) is 4.79 Å². The molecule has 0 radical (unpaired) electrons. The first-order valence-corrected chi connectivity index (χ1v) is 6.44. The highest BCUT2D eigenvalue weighted by molar-refractivity contribution is 9.10. The van der Waals surface area contributed by atoms with Crippen LogP contribution in [0.3, 0.4) is 0 Å². The van der Waals surface area contributed by atoms with Crippen molar-refractivity contribution in [2.45, 2.75) is 20.8 Å². The van der Waals surface area contributed by atoms with Gasteiger partial charge in [0.15, 0.2) is 5.82 Å². The smallest absolute Gasteiger partial charge is 0.254 e. The number of nitrogens with one attached hydrogen (secondary N) is 1. The van der Waals surface area contributed by atoms with Crippen molar-refractivity contribution in [2.24, 2.45) is 0 Å². The van der Waals surface area contributed by atoms with E-state index >= 15 is 0 Å². The Balaban J connectivity index is 2.61. The molecule has 84 valence electrons. The van der Waals surface area contributed by atoms with Gasteiger partial charge in [0.1, 0.15) is 0 Å². The number of hydrogen-bond acceptors (Lipinski definition) is 3. The number of aromatic nitrogens is 2. The monoisotopic (exact) mass is 298 g/mol. The summed E-state index contributed by atoms with van der Waals surface area (Å²) < 4.78 is 1.05. The van der Waals surface area contributed by atoms with Crippen LogP contribution in [-0.4, -0.2) is 9.97 Å². The molecule has 2 aromatic heterocycles. The Morgan fingerprint density at radius 2 is 2.06 bits per heavy atom. The van der Waals surface area contributed by atoms with Crippen molar-refractivity contribution in [1.82, 2.24) is 9.97 Å². The van der Waals surface area contributed by atoms with Crippen LogP contribution in [0.25, 0.3) is 10.7 Å². The van der Waals surface area contributed by atoms with Crippen LogP contribution in [0.1, 0.15) is 16.1 Å². The lowest BCUT2D eigenvalue weighted by atomic mass is 10.2. The molecule has 0 bridgehead atoms. The highest BCUT2D eigenvalue weighted by Crippen LogP contribution is 2.31. The van der Waals surface area contributed by atoms with Gasteiger partial charge in [-0.1, -0.05) is 0 Å². The Kier molecular flexibility index (Phi) is 2.99. The lowest BCUT2D eigenvalue weighted by Gasteiger charge is -2.01. The molecule has 5 heteroatoms. The topological polar surface area (TPSA) is 45.8 Å². The first-order valence-electron chi connectivity index (χ1n) is 4.83. The van der Waals surface area contributed by atoms with Crippen molar-refractivity contribution in [1.29, 1.82) is 0 Å². The number of thiophene rings is 1. The molecular weight excluding hydrogens is 288 g/mol. The molecular formula is C11H11BrN2OS. The summed E-state index contributed by atoms with van der Waals surface area (Å²) in [6.07, 6.45) is 0. The van der Waals surface area contributed by atoms with E-state index in [0.29, 0.717) is 11.4 Å². The molecule has 3 nitrogen and oxygen atoms in total. The molecule has 0 aliphatic heterocycles. The third-order valence-corrected chi connectivity index (χ3v) is 4.63. The van der Waals surface area contributed by atoms with Gasteiger partial charge in [0.25, 0.3) is 5.56 Å². The van der Waals surface area contributed by atoms with Gasteiger partial charge in [-0.2, -0.15) is 0 Å². The van der Waals surface area contributed by atoms with Crippen LogP contribution in [0.4, 0.5) is 0 Å². The second-order valence-electron chi connectivity index (χ2n) is 3.64. The molecule has 2 aromatic rings. The average molecular weight is 299 g/mol. The minimum absolute atomic E-state index is 0.0651. The van der Waals surface area contributed by atoms with Crippen LogP contribution in [0.5, 0.6) is 0 Å². The van der Waals surface area contributed by atoms with Crippen molar-refractivity contribution in [3.8, 4) is 10.7 Å². The fraction of sp³-hybridized carbons (Fsp3) is 0.273. The molecule has 0 saturated heterocycles. The lowest BCUT2D eigenvalue weighted by molar-refractivity contribution is 1.04. The third-order valence-electron chi connectivity index (χ3n) is 2.49. The third kappa shape index (κ3) is 1.97. The number of aryl methyl sites for hydroxylation is 2. The second kappa shape index (κ2) is 4.14. The van der Waals surface area contributed by atoms with E-state index in [1.807, 2.05) is 19.9 Å². The SMILES string of the molecule is Cc1nc(-c2cc(Br)c(C)s2)[nH]c(=O)c1C. The molecule has 0 saturated carbocycles. The summed E-state index contributed by atoms with van der Waals surface area (Å²) in [7, 11) is 0. The van der Waals surface area contributed by atoms with E-state index in [4.69, 9.17) is 0 Å². The number of H-pyrrole nitrogens is 1. The fourth-order valence-electron chi connectivity index (χ4n) is 1.34. The van der Waals surface area contributed by atoms with Gasteiger partial charge in [0, 0.05) is 20.6 Å². The van der Waals surface area contributed by atoms with Crippen molar-refractivity contribution in [3.63, 3.8) is 0 Å². The molecule has 1 N–H and O–H groups in total. The van der Waals surface area contributed by atoms with Gasteiger partial charge in [0.2, 0.25) is 0 Å². The molecule has 0 spiro atoms. The number of hydrogen-bond donors (Lipinski definition) is 1. The largest absolute Gasteiger partial charge is 0.306 e. The van der Waals surface area contributed by atoms with Crippen molar-refractivity contribution >= 4 is 27.3 Å². The molecule has 0 unspecified atom stereocenters. The second-order valence-corrected chi connectivity index (χ2v) is 5.75. The Morgan fingerprint density at radius 1 is 1.38 bits per heavy atom. The van der Waals surface area contributed by atoms with Gasteiger partial charge in [-0.25, -0.2) is 4.98 Å². The summed E-state index contributed by atoms with van der Waals surface area (Å²) in [5.41, 5.74) is 1.39. The number of aromatic amines is 1. The number of halogens is 1. The van der Waals surface area contributed by atoms with Crippen LogP contribution in [-0.2, 0) is 0 Å². The van der Waals surface area contributed by atoms with Crippen LogP contribution in [0.2, 0.25) is 0 Å². The maximum Gasteiger partial charge on any atom is 0.254 e. The van der Waals surface area contributed by atoms with Crippen molar-refractivity contribution in [3.05, 3.63) is 37.0 Å². The summed E-state index contributed by atoms with van der Waals surface area (Å²) in [6, 6.07) is 1.98. The van der Waals surface area contributed by atoms with Crippen LogP contribution in [0, 0.1) is 20.8 Å². The highest BCUT2D eigenvalue weighted by atomic mass is 79.9. The van der Waals surface area contributed by atoms with Crippen molar-refractivity contribution in [2.75, 3.05) is 0 Å². The summed E-state index contributed by atoms with van der Waals surface area (Å²) in [5.74, 6) is 0.645. The maximum absolute atomic E-state index is 11.6. The highest BCUT2D eigenvalue weighted by Gasteiger charge is 2.09. The van der Waals surface area contributed by atoms with Crippen molar-refractivity contribution < 1.29 is 0 Å². The van der Waals surface area contributed by atoms with Gasteiger partial charge in [-0.3, -0.25) is 4.79 Å². The van der Waals surface area contributed by atoms with E-state index in [1.165, 1.54) is 4.88 Å². The molecule has 0 aliphatic rings. The predicted molar refractivity (Wildman–Crippen MR) is 70.1 cm³/mol. The molecule has 0 fully saturated rings. The summed E-state index contributed by atoms with van der Waals surface area (Å²) in [6.45, 7) is 5.65. The van der Waals surface area contributed by atoms with Crippen LogP contribution >= 0.6 is 27.3 Å². The maximum atomic E-state index is 11.6. The van der Waals surface area contributed by atoms with Gasteiger partial charge >= 0.3 is 0 Å². The van der Waals surface area contributed by atoms with Gasteiger partial charge in [-0.15, -0.1) is 11.3 Å². The summed E-state index contributed by atoms with van der Waals surface area (Å²) >= 11 is 5.07. The Hall–Kier alpha value is -0.940. The molecule has 0 amide bonds.